The zero-order chi connectivity index (χ0) is 23.7. The van der Waals surface area contributed by atoms with Gasteiger partial charge in [0.05, 0.1) is 30.3 Å². The van der Waals surface area contributed by atoms with E-state index in [0.29, 0.717) is 21.5 Å². The number of aromatic nitrogens is 3. The van der Waals surface area contributed by atoms with Crippen LogP contribution in [0.2, 0.25) is 0 Å². The number of benzene rings is 1. The van der Waals surface area contributed by atoms with Crippen molar-refractivity contribution in [3.63, 3.8) is 0 Å². The highest BCUT2D eigenvalue weighted by atomic mass is 32.2. The largest absolute Gasteiger partial charge is 0.469 e. The molecule has 3 heterocycles. The average Bonchev–Trinajstić information content (AvgIpc) is 3.61. The van der Waals surface area contributed by atoms with Crippen molar-refractivity contribution in [1.82, 2.24) is 14.8 Å². The summed E-state index contributed by atoms with van der Waals surface area (Å²) in [6.45, 7) is 1.87. The Morgan fingerprint density at radius 1 is 1.21 bits per heavy atom. The number of para-hydroxylation sites is 1. The SMILES string of the molecule is COC(=O)c1c(NC(=O)CSc2nnc(-c3ccoc3C)n2-c2ccccc2)sc2c1CCC2. The molecule has 3 aromatic heterocycles. The van der Waals surface area contributed by atoms with Gasteiger partial charge in [0.25, 0.3) is 0 Å². The van der Waals surface area contributed by atoms with E-state index in [1.165, 1.54) is 30.2 Å². The number of hydrogen-bond donors (Lipinski definition) is 1. The minimum atomic E-state index is -0.411. The molecule has 174 valence electrons. The van der Waals surface area contributed by atoms with Crippen molar-refractivity contribution in [2.75, 3.05) is 18.2 Å². The van der Waals surface area contributed by atoms with Crippen molar-refractivity contribution in [2.45, 2.75) is 31.3 Å². The van der Waals surface area contributed by atoms with Crippen LogP contribution >= 0.6 is 23.1 Å². The van der Waals surface area contributed by atoms with E-state index in [2.05, 4.69) is 15.5 Å². The van der Waals surface area contributed by atoms with Crippen molar-refractivity contribution in [2.24, 2.45) is 0 Å². The van der Waals surface area contributed by atoms with Gasteiger partial charge in [-0.15, -0.1) is 21.5 Å². The Kier molecular flexibility index (Phi) is 6.25. The number of hydrogen-bond acceptors (Lipinski definition) is 8. The van der Waals surface area contributed by atoms with Crippen LogP contribution in [0.25, 0.3) is 17.1 Å². The molecule has 1 aromatic carbocycles. The monoisotopic (exact) mass is 494 g/mol. The summed E-state index contributed by atoms with van der Waals surface area (Å²) in [6.07, 6.45) is 4.39. The third kappa shape index (κ3) is 4.14. The Morgan fingerprint density at radius 2 is 2.03 bits per heavy atom. The molecule has 1 aliphatic carbocycles. The van der Waals surface area contributed by atoms with Gasteiger partial charge in [-0.2, -0.15) is 0 Å². The topological polar surface area (TPSA) is 99.2 Å². The van der Waals surface area contributed by atoms with E-state index >= 15 is 0 Å². The Balaban J connectivity index is 1.38. The molecular weight excluding hydrogens is 472 g/mol. The second-order valence-electron chi connectivity index (χ2n) is 7.76. The first kappa shape index (κ1) is 22.4. The fourth-order valence-electron chi connectivity index (χ4n) is 4.07. The molecule has 4 aromatic rings. The zero-order valence-electron chi connectivity index (χ0n) is 18.7. The molecular formula is C24H22N4O4S2. The molecule has 0 atom stereocenters. The van der Waals surface area contributed by atoms with Gasteiger partial charge in [-0.1, -0.05) is 30.0 Å². The van der Waals surface area contributed by atoms with Crippen LogP contribution < -0.4 is 5.32 Å². The molecule has 0 saturated heterocycles. The Bertz CT molecular complexity index is 1360. The standard InChI is InChI=1S/C24H22N4O4S2/c1-14-16(11-12-32-14)21-26-27-24(28(21)15-7-4-3-5-8-15)33-13-19(29)25-22-20(23(30)31-2)17-9-6-10-18(17)34-22/h3-5,7-8,11-12H,6,9-10,13H2,1-2H3,(H,25,29). The number of fused-ring (bicyclic) bond motifs is 1. The number of carbonyl (C=O) groups is 2. The number of ether oxygens (including phenoxy) is 1. The molecule has 0 radical (unpaired) electrons. The van der Waals surface area contributed by atoms with Gasteiger partial charge in [-0.3, -0.25) is 9.36 Å². The minimum Gasteiger partial charge on any atom is -0.469 e. The molecule has 5 rings (SSSR count). The molecule has 10 heteroatoms. The zero-order valence-corrected chi connectivity index (χ0v) is 20.3. The summed E-state index contributed by atoms with van der Waals surface area (Å²) in [5, 5.41) is 12.8. The lowest BCUT2D eigenvalue weighted by molar-refractivity contribution is -0.113. The second-order valence-corrected chi connectivity index (χ2v) is 9.81. The second kappa shape index (κ2) is 9.47. The minimum absolute atomic E-state index is 0.110. The van der Waals surface area contributed by atoms with Crippen molar-refractivity contribution < 1.29 is 18.7 Å². The van der Waals surface area contributed by atoms with Crippen LogP contribution in [0, 0.1) is 6.92 Å². The summed E-state index contributed by atoms with van der Waals surface area (Å²) in [5.41, 5.74) is 3.21. The van der Waals surface area contributed by atoms with E-state index in [1.54, 1.807) is 6.26 Å². The van der Waals surface area contributed by atoms with E-state index in [4.69, 9.17) is 9.15 Å². The number of carbonyl (C=O) groups excluding carboxylic acids is 2. The summed E-state index contributed by atoms with van der Waals surface area (Å²) in [7, 11) is 1.36. The molecule has 8 nitrogen and oxygen atoms in total. The van der Waals surface area contributed by atoms with Crippen LogP contribution in [-0.4, -0.2) is 39.5 Å². The summed E-state index contributed by atoms with van der Waals surface area (Å²) < 4.78 is 12.3. The van der Waals surface area contributed by atoms with Gasteiger partial charge in [-0.25, -0.2) is 4.79 Å². The van der Waals surface area contributed by atoms with E-state index < -0.39 is 5.97 Å². The number of thiophene rings is 1. The normalized spacial score (nSPS) is 12.5. The summed E-state index contributed by atoms with van der Waals surface area (Å²) in [5.74, 6) is 0.853. The molecule has 0 saturated carbocycles. The van der Waals surface area contributed by atoms with E-state index in [-0.39, 0.29) is 11.7 Å². The number of methoxy groups -OCH3 is 1. The Labute approximate surface area is 204 Å². The van der Waals surface area contributed by atoms with Gasteiger partial charge < -0.3 is 14.5 Å². The van der Waals surface area contributed by atoms with Crippen LogP contribution in [-0.2, 0) is 22.4 Å². The van der Waals surface area contributed by atoms with E-state index in [0.717, 1.165) is 46.7 Å². The predicted molar refractivity (Wildman–Crippen MR) is 131 cm³/mol. The van der Waals surface area contributed by atoms with Crippen LogP contribution in [0.15, 0.2) is 52.2 Å². The fraction of sp³-hybridized carbons (Fsp3) is 0.250. The molecule has 0 fully saturated rings. The number of esters is 1. The highest BCUT2D eigenvalue weighted by Gasteiger charge is 2.28. The summed E-state index contributed by atoms with van der Waals surface area (Å²) in [6, 6.07) is 11.6. The van der Waals surface area contributed by atoms with E-state index in [9.17, 15) is 9.59 Å². The first-order chi connectivity index (χ1) is 16.6. The fourth-order valence-corrected chi connectivity index (χ4v) is 6.11. The summed E-state index contributed by atoms with van der Waals surface area (Å²) in [4.78, 5) is 26.4. The molecule has 0 aliphatic heterocycles. The van der Waals surface area contributed by atoms with Crippen LogP contribution in [0.5, 0.6) is 0 Å². The third-order valence-electron chi connectivity index (χ3n) is 5.64. The lowest BCUT2D eigenvalue weighted by atomic mass is 10.1. The number of thioether (sulfide) groups is 1. The molecule has 0 spiro atoms. The predicted octanol–water partition coefficient (Wildman–Crippen LogP) is 4.90. The van der Waals surface area contributed by atoms with Gasteiger partial charge in [0.15, 0.2) is 11.0 Å². The summed E-state index contributed by atoms with van der Waals surface area (Å²) >= 11 is 2.74. The van der Waals surface area contributed by atoms with Crippen molar-refractivity contribution in [3.8, 4) is 17.1 Å². The average molecular weight is 495 g/mol. The third-order valence-corrected chi connectivity index (χ3v) is 7.78. The van der Waals surface area contributed by atoms with Crippen molar-refractivity contribution in [3.05, 3.63) is 64.4 Å². The Morgan fingerprint density at radius 3 is 2.76 bits per heavy atom. The van der Waals surface area contributed by atoms with Gasteiger partial charge in [0.2, 0.25) is 5.91 Å². The molecule has 1 amide bonds. The van der Waals surface area contributed by atoms with Gasteiger partial charge >= 0.3 is 5.97 Å². The number of furan rings is 1. The van der Waals surface area contributed by atoms with E-state index in [1.807, 2.05) is 47.9 Å². The van der Waals surface area contributed by atoms with Gasteiger partial charge in [-0.05, 0) is 49.9 Å². The van der Waals surface area contributed by atoms with Crippen molar-refractivity contribution in [1.29, 1.82) is 0 Å². The van der Waals surface area contributed by atoms with Crippen molar-refractivity contribution >= 4 is 40.0 Å². The number of amides is 1. The number of anilines is 1. The van der Waals surface area contributed by atoms with Crippen LogP contribution in [0.3, 0.4) is 0 Å². The molecule has 1 aliphatic rings. The lowest BCUT2D eigenvalue weighted by Gasteiger charge is -2.10. The molecule has 0 unspecified atom stereocenters. The number of nitrogens with one attached hydrogen (secondary N) is 1. The lowest BCUT2D eigenvalue weighted by Crippen LogP contribution is -2.16. The molecule has 1 N–H and O–H groups in total. The maximum Gasteiger partial charge on any atom is 0.341 e. The number of rotatable bonds is 7. The highest BCUT2D eigenvalue weighted by Crippen LogP contribution is 2.39. The molecule has 0 bridgehead atoms. The Hall–Kier alpha value is -3.37. The first-order valence-corrected chi connectivity index (χ1v) is 12.6. The van der Waals surface area contributed by atoms with Gasteiger partial charge in [0, 0.05) is 10.6 Å². The van der Waals surface area contributed by atoms with Crippen LogP contribution in [0.1, 0.15) is 33.0 Å². The van der Waals surface area contributed by atoms with Crippen LogP contribution in [0.4, 0.5) is 5.00 Å². The first-order valence-electron chi connectivity index (χ1n) is 10.8. The highest BCUT2D eigenvalue weighted by molar-refractivity contribution is 7.99. The van der Waals surface area contributed by atoms with Gasteiger partial charge in [0.1, 0.15) is 10.8 Å². The number of nitrogens with zero attached hydrogens (tertiary/aromatic N) is 3. The number of aryl methyl sites for hydroxylation is 2. The maximum atomic E-state index is 12.9. The smallest absolute Gasteiger partial charge is 0.341 e. The molecule has 34 heavy (non-hydrogen) atoms. The maximum absolute atomic E-state index is 12.9. The quantitative estimate of drug-likeness (QED) is 0.288.